The summed E-state index contributed by atoms with van der Waals surface area (Å²) in [4.78, 5) is 14.3. The Hall–Kier alpha value is -2.13. The van der Waals surface area contributed by atoms with Gasteiger partial charge in [0.1, 0.15) is 6.10 Å². The van der Waals surface area contributed by atoms with Crippen LogP contribution in [-0.4, -0.2) is 31.1 Å². The van der Waals surface area contributed by atoms with E-state index in [0.29, 0.717) is 12.3 Å². The van der Waals surface area contributed by atoms with Crippen LogP contribution >= 0.6 is 0 Å². The zero-order valence-corrected chi connectivity index (χ0v) is 15.9. The number of carbonyl (C=O) groups excluding carboxylic acids is 1. The predicted molar refractivity (Wildman–Crippen MR) is 105 cm³/mol. The third-order valence-corrected chi connectivity index (χ3v) is 5.11. The van der Waals surface area contributed by atoms with E-state index in [4.69, 9.17) is 4.74 Å². The molecule has 0 N–H and O–H groups in total. The second-order valence-electron chi connectivity index (χ2n) is 7.61. The smallest absolute Gasteiger partial charge is 0.310 e. The first kappa shape index (κ1) is 18.7. The molecule has 26 heavy (non-hydrogen) atoms. The minimum atomic E-state index is -0.104. The molecule has 0 unspecified atom stereocenters. The summed E-state index contributed by atoms with van der Waals surface area (Å²) >= 11 is 0. The van der Waals surface area contributed by atoms with Gasteiger partial charge in [-0.2, -0.15) is 0 Å². The van der Waals surface area contributed by atoms with Gasteiger partial charge in [0.15, 0.2) is 0 Å². The molecular weight excluding hydrogens is 322 g/mol. The summed E-state index contributed by atoms with van der Waals surface area (Å²) in [5, 5.41) is 0. The molecule has 0 radical (unpaired) electrons. The summed E-state index contributed by atoms with van der Waals surface area (Å²) in [6.45, 7) is 0.977. The zero-order chi connectivity index (χ0) is 18.4. The van der Waals surface area contributed by atoms with E-state index in [1.165, 1.54) is 11.1 Å². The van der Waals surface area contributed by atoms with Gasteiger partial charge in [0.25, 0.3) is 0 Å². The van der Waals surface area contributed by atoms with Gasteiger partial charge in [-0.3, -0.25) is 4.79 Å². The second-order valence-corrected chi connectivity index (χ2v) is 7.61. The van der Waals surface area contributed by atoms with E-state index in [-0.39, 0.29) is 12.1 Å². The number of esters is 1. The van der Waals surface area contributed by atoms with Gasteiger partial charge in [-0.1, -0.05) is 54.6 Å². The first-order chi connectivity index (χ1) is 12.6. The average Bonchev–Trinajstić information content (AvgIpc) is 2.63. The van der Waals surface area contributed by atoms with Crippen LogP contribution in [0.25, 0.3) is 0 Å². The fourth-order valence-corrected chi connectivity index (χ4v) is 3.76. The van der Waals surface area contributed by atoms with Crippen molar-refractivity contribution in [3.05, 3.63) is 71.3 Å². The van der Waals surface area contributed by atoms with E-state index in [0.717, 1.165) is 37.8 Å². The van der Waals surface area contributed by atoms with Crippen LogP contribution in [0.1, 0.15) is 48.3 Å². The topological polar surface area (TPSA) is 29.5 Å². The molecule has 138 valence electrons. The number of hydrogen-bond donors (Lipinski definition) is 0. The number of carbonyl (C=O) groups is 1. The third-order valence-electron chi connectivity index (χ3n) is 5.11. The normalized spacial score (nSPS) is 20.1. The molecule has 0 spiro atoms. The summed E-state index contributed by atoms with van der Waals surface area (Å²) in [5.41, 5.74) is 3.79. The largest absolute Gasteiger partial charge is 0.462 e. The van der Waals surface area contributed by atoms with Gasteiger partial charge in [0, 0.05) is 6.54 Å². The molecule has 1 aliphatic carbocycles. The minimum Gasteiger partial charge on any atom is -0.462 e. The van der Waals surface area contributed by atoms with Gasteiger partial charge in [0.2, 0.25) is 0 Å². The number of nitrogens with zero attached hydrogens (tertiary/aromatic N) is 1. The van der Waals surface area contributed by atoms with E-state index < -0.39 is 0 Å². The van der Waals surface area contributed by atoms with Crippen molar-refractivity contribution in [2.24, 2.45) is 0 Å². The summed E-state index contributed by atoms with van der Waals surface area (Å²) in [6, 6.07) is 18.8. The Kier molecular flexibility index (Phi) is 6.45. The highest BCUT2D eigenvalue weighted by atomic mass is 16.5. The Morgan fingerprint density at radius 2 is 1.58 bits per heavy atom. The van der Waals surface area contributed by atoms with Crippen LogP contribution in [0.5, 0.6) is 0 Å². The lowest BCUT2D eigenvalue weighted by atomic mass is 9.82. The lowest BCUT2D eigenvalue weighted by Gasteiger charge is -2.28. The Morgan fingerprint density at radius 1 is 0.923 bits per heavy atom. The molecule has 0 atom stereocenters. The van der Waals surface area contributed by atoms with Crippen molar-refractivity contribution in [1.82, 2.24) is 4.90 Å². The Bertz CT molecular complexity index is 686. The van der Waals surface area contributed by atoms with E-state index in [2.05, 4.69) is 43.3 Å². The standard InChI is InChI=1S/C23H29NO2/c1-24(2)17-19-8-10-20(11-9-19)21-12-14-22(15-13-21)26-23(25)16-18-6-4-3-5-7-18/h3-11,21-22H,12-17H2,1-2H3/t21-,22-. The van der Waals surface area contributed by atoms with Gasteiger partial charge in [-0.05, 0) is 62.4 Å². The summed E-state index contributed by atoms with van der Waals surface area (Å²) in [7, 11) is 4.18. The summed E-state index contributed by atoms with van der Waals surface area (Å²) in [5.74, 6) is 0.486. The molecule has 3 rings (SSSR count). The maximum absolute atomic E-state index is 12.1. The van der Waals surface area contributed by atoms with Crippen LogP contribution in [0.15, 0.2) is 54.6 Å². The Morgan fingerprint density at radius 3 is 2.19 bits per heavy atom. The second kappa shape index (κ2) is 9.00. The highest BCUT2D eigenvalue weighted by molar-refractivity contribution is 5.72. The number of benzene rings is 2. The van der Waals surface area contributed by atoms with E-state index in [1.807, 2.05) is 30.3 Å². The van der Waals surface area contributed by atoms with E-state index in [9.17, 15) is 4.79 Å². The molecule has 0 aliphatic heterocycles. The fourth-order valence-electron chi connectivity index (χ4n) is 3.76. The summed E-state index contributed by atoms with van der Waals surface area (Å²) < 4.78 is 5.70. The van der Waals surface area contributed by atoms with E-state index in [1.54, 1.807) is 0 Å². The van der Waals surface area contributed by atoms with Crippen LogP contribution in [0.4, 0.5) is 0 Å². The van der Waals surface area contributed by atoms with Crippen LogP contribution in [0, 0.1) is 0 Å². The molecule has 0 saturated heterocycles. The molecule has 1 saturated carbocycles. The fraction of sp³-hybridized carbons (Fsp3) is 0.435. The van der Waals surface area contributed by atoms with Gasteiger partial charge < -0.3 is 9.64 Å². The highest BCUT2D eigenvalue weighted by Crippen LogP contribution is 2.34. The molecule has 2 aromatic carbocycles. The molecule has 3 heteroatoms. The van der Waals surface area contributed by atoms with Gasteiger partial charge in [0.05, 0.1) is 6.42 Å². The van der Waals surface area contributed by atoms with E-state index >= 15 is 0 Å². The lowest BCUT2D eigenvalue weighted by molar-refractivity contribution is -0.149. The maximum atomic E-state index is 12.1. The molecule has 0 aromatic heterocycles. The molecule has 2 aromatic rings. The monoisotopic (exact) mass is 351 g/mol. The number of hydrogen-bond acceptors (Lipinski definition) is 3. The zero-order valence-electron chi connectivity index (χ0n) is 15.9. The average molecular weight is 351 g/mol. The van der Waals surface area contributed by atoms with Gasteiger partial charge in [-0.25, -0.2) is 0 Å². The van der Waals surface area contributed by atoms with Crippen LogP contribution < -0.4 is 0 Å². The van der Waals surface area contributed by atoms with Crippen LogP contribution in [0.2, 0.25) is 0 Å². The van der Waals surface area contributed by atoms with Crippen molar-refractivity contribution in [1.29, 1.82) is 0 Å². The van der Waals surface area contributed by atoms with Crippen molar-refractivity contribution in [3.63, 3.8) is 0 Å². The van der Waals surface area contributed by atoms with Gasteiger partial charge >= 0.3 is 5.97 Å². The Balaban J connectivity index is 1.46. The van der Waals surface area contributed by atoms with Crippen molar-refractivity contribution >= 4 is 5.97 Å². The third kappa shape index (κ3) is 5.43. The number of rotatable bonds is 6. The highest BCUT2D eigenvalue weighted by Gasteiger charge is 2.24. The van der Waals surface area contributed by atoms with Crippen molar-refractivity contribution in [2.75, 3.05) is 14.1 Å². The molecule has 0 heterocycles. The van der Waals surface area contributed by atoms with Crippen molar-refractivity contribution < 1.29 is 9.53 Å². The van der Waals surface area contributed by atoms with Crippen LogP contribution in [-0.2, 0) is 22.5 Å². The van der Waals surface area contributed by atoms with Gasteiger partial charge in [-0.15, -0.1) is 0 Å². The minimum absolute atomic E-state index is 0.0791. The predicted octanol–water partition coefficient (Wildman–Crippen LogP) is 4.56. The first-order valence-corrected chi connectivity index (χ1v) is 9.57. The lowest BCUT2D eigenvalue weighted by Crippen LogP contribution is -2.24. The van der Waals surface area contributed by atoms with Crippen molar-refractivity contribution in [3.8, 4) is 0 Å². The van der Waals surface area contributed by atoms with Crippen LogP contribution in [0.3, 0.4) is 0 Å². The maximum Gasteiger partial charge on any atom is 0.310 e. The Labute approximate surface area is 157 Å². The molecular formula is C23H29NO2. The van der Waals surface area contributed by atoms with Crippen molar-refractivity contribution in [2.45, 2.75) is 50.7 Å². The molecule has 0 bridgehead atoms. The molecule has 1 aliphatic rings. The number of ether oxygens (including phenoxy) is 1. The summed E-state index contributed by atoms with van der Waals surface area (Å²) in [6.07, 6.45) is 4.56. The SMILES string of the molecule is CN(C)Cc1ccc([C@H]2CC[C@H](OC(=O)Cc3ccccc3)CC2)cc1. The molecule has 3 nitrogen and oxygen atoms in total. The first-order valence-electron chi connectivity index (χ1n) is 9.57. The molecule has 0 amide bonds. The molecule has 1 fully saturated rings. The quantitative estimate of drug-likeness (QED) is 0.715.